The number of aromatic amines is 1. The van der Waals surface area contributed by atoms with E-state index in [9.17, 15) is 33.6 Å². The van der Waals surface area contributed by atoms with Crippen molar-refractivity contribution >= 4 is 74.7 Å². The van der Waals surface area contributed by atoms with Gasteiger partial charge in [0, 0.05) is 73.8 Å². The first kappa shape index (κ1) is 68.7. The van der Waals surface area contributed by atoms with Crippen molar-refractivity contribution in [3.63, 3.8) is 0 Å². The van der Waals surface area contributed by atoms with Crippen LogP contribution in [0.5, 0.6) is 5.75 Å². The first-order valence-corrected chi connectivity index (χ1v) is 35.1. The Morgan fingerprint density at radius 1 is 0.786 bits per heavy atom. The minimum absolute atomic E-state index is 0.0749. The zero-order chi connectivity index (χ0) is 69.4. The highest BCUT2D eigenvalue weighted by Crippen LogP contribution is 2.45. The van der Waals surface area contributed by atoms with E-state index in [1.54, 1.807) is 56.5 Å². The SMILES string of the molecule is COC(=O)N[C@@H]1CC[C@@H](n2c(=O)n(C)c3cnc4[nH]c(-c5ccc(C(=O)NCC6CCC(C(=O)N[C@H]7C[C@@H](C(=O)N[C@@H]8CCCc9ccccc98)N(C(=O)[C@@H](NC(=O)[C@H](C)N(C)C(=O)OC(C)(C)C)C8CCCCC8)C7)CC6)c(OC)c5)c(-c5ccc6c(cnn6C(C)C)c5)c4c32)C1. The molecule has 98 heavy (non-hydrogen) atoms. The average Bonchev–Trinajstić information content (AvgIpc) is 1.56. The number of aryl methyl sites for hydroxylation is 2. The van der Waals surface area contributed by atoms with Gasteiger partial charge in [0.1, 0.15) is 35.1 Å². The number of hydrogen-bond acceptors (Lipinski definition) is 13. The summed E-state index contributed by atoms with van der Waals surface area (Å²) in [4.78, 5) is 124. The van der Waals surface area contributed by atoms with E-state index in [1.165, 1.54) is 31.7 Å². The van der Waals surface area contributed by atoms with Gasteiger partial charge >= 0.3 is 17.9 Å². The average molecular weight is 1340 g/mol. The number of aromatic nitrogens is 6. The molecule has 0 spiro atoms. The van der Waals surface area contributed by atoms with Crippen molar-refractivity contribution in [1.29, 1.82) is 0 Å². The predicted octanol–water partition coefficient (Wildman–Crippen LogP) is 10.1. The molecule has 3 aromatic carbocycles. The van der Waals surface area contributed by atoms with Crippen LogP contribution in [0.2, 0.25) is 0 Å². The highest BCUT2D eigenvalue weighted by molar-refractivity contribution is 6.15. The number of nitrogens with zero attached hydrogens (tertiary/aromatic N) is 7. The molecule has 6 N–H and O–H groups in total. The van der Waals surface area contributed by atoms with Gasteiger partial charge in [0.05, 0.1) is 65.8 Å². The van der Waals surface area contributed by atoms with Gasteiger partial charge in [0.15, 0.2) is 0 Å². The first-order valence-electron chi connectivity index (χ1n) is 35.1. The Bertz CT molecular complexity index is 4240. The Morgan fingerprint density at radius 3 is 2.28 bits per heavy atom. The van der Waals surface area contributed by atoms with Crippen LogP contribution in [-0.2, 0) is 42.1 Å². The van der Waals surface area contributed by atoms with Crippen LogP contribution in [0.1, 0.15) is 177 Å². The molecular weight excluding hydrogens is 1250 g/mol. The molecule has 3 saturated carbocycles. The molecule has 24 nitrogen and oxygen atoms in total. The first-order chi connectivity index (χ1) is 47.0. The molecule has 24 heteroatoms. The molecule has 7 aromatic rings. The van der Waals surface area contributed by atoms with E-state index < -0.39 is 47.9 Å². The van der Waals surface area contributed by atoms with Crippen molar-refractivity contribution < 1.29 is 47.8 Å². The topological polar surface area (TPSA) is 287 Å². The van der Waals surface area contributed by atoms with Gasteiger partial charge in [-0.1, -0.05) is 55.7 Å². The van der Waals surface area contributed by atoms with Gasteiger partial charge in [-0.25, -0.2) is 19.4 Å². The third-order valence-electron chi connectivity index (χ3n) is 21.3. The highest BCUT2D eigenvalue weighted by atomic mass is 16.6. The maximum atomic E-state index is 15.3. The van der Waals surface area contributed by atoms with Gasteiger partial charge in [-0.2, -0.15) is 5.10 Å². The summed E-state index contributed by atoms with van der Waals surface area (Å²) in [5.74, 6) is -1.76. The third-order valence-corrected chi connectivity index (χ3v) is 21.3. The number of nitrogens with one attached hydrogen (secondary N) is 6. The monoisotopic (exact) mass is 1340 g/mol. The summed E-state index contributed by atoms with van der Waals surface area (Å²) < 4.78 is 22.0. The second-order valence-corrected chi connectivity index (χ2v) is 29.2. The van der Waals surface area contributed by atoms with Gasteiger partial charge in [0.25, 0.3) is 5.91 Å². The second kappa shape index (κ2) is 28.7. The predicted molar refractivity (Wildman–Crippen MR) is 372 cm³/mol. The van der Waals surface area contributed by atoms with Gasteiger partial charge in [-0.3, -0.25) is 42.7 Å². The molecular formula is C74H95N13O11. The summed E-state index contributed by atoms with van der Waals surface area (Å²) in [7, 11) is 6.11. The van der Waals surface area contributed by atoms with E-state index in [2.05, 4.69) is 69.7 Å². The Labute approximate surface area is 571 Å². The largest absolute Gasteiger partial charge is 0.496 e. The van der Waals surface area contributed by atoms with Crippen LogP contribution in [-0.4, -0.2) is 151 Å². The number of methoxy groups -OCH3 is 2. The lowest BCUT2D eigenvalue weighted by Crippen LogP contribution is -2.59. The van der Waals surface area contributed by atoms with Crippen LogP contribution < -0.4 is 37.0 Å². The van der Waals surface area contributed by atoms with Crippen molar-refractivity contribution in [3.05, 3.63) is 100 Å². The number of hydrogen-bond donors (Lipinski definition) is 6. The number of rotatable bonds is 18. The zero-order valence-corrected chi connectivity index (χ0v) is 58.1. The number of ether oxygens (including phenoxy) is 3. The number of likely N-dealkylation sites (N-methyl/N-ethyl adjacent to an activating group) is 1. The number of fused-ring (bicyclic) bond motifs is 5. The number of carbonyl (C=O) groups excluding carboxylic acids is 7. The minimum Gasteiger partial charge on any atom is -0.496 e. The van der Waals surface area contributed by atoms with E-state index >= 15 is 4.79 Å². The third kappa shape index (κ3) is 14.1. The molecule has 4 aliphatic carbocycles. The number of pyridine rings is 1. The van der Waals surface area contributed by atoms with E-state index in [1.807, 2.05) is 45.8 Å². The molecule has 1 aliphatic heterocycles. The summed E-state index contributed by atoms with van der Waals surface area (Å²) >= 11 is 0. The molecule has 7 amide bonds. The summed E-state index contributed by atoms with van der Waals surface area (Å²) in [5.41, 5.74) is 7.57. The lowest BCUT2D eigenvalue weighted by Gasteiger charge is -2.36. The maximum absolute atomic E-state index is 15.3. The van der Waals surface area contributed by atoms with E-state index in [-0.39, 0.29) is 84.2 Å². The Kier molecular flexibility index (Phi) is 20.1. The fourth-order valence-electron chi connectivity index (χ4n) is 15.9. The zero-order valence-electron chi connectivity index (χ0n) is 58.1. The van der Waals surface area contributed by atoms with Gasteiger partial charge in [0.2, 0.25) is 23.6 Å². The summed E-state index contributed by atoms with van der Waals surface area (Å²) in [6.45, 7) is 11.5. The van der Waals surface area contributed by atoms with Crippen LogP contribution in [0.25, 0.3) is 55.4 Å². The fraction of sp³-hybridized carbons (Fsp3) is 0.541. The van der Waals surface area contributed by atoms with Gasteiger partial charge < -0.3 is 50.7 Å². The second-order valence-electron chi connectivity index (χ2n) is 29.2. The number of imidazole rings is 1. The molecule has 1 saturated heterocycles. The van der Waals surface area contributed by atoms with Crippen molar-refractivity contribution in [2.24, 2.45) is 24.8 Å². The molecule has 0 bridgehead atoms. The quantitative estimate of drug-likeness (QED) is 0.0467. The van der Waals surface area contributed by atoms with Crippen molar-refractivity contribution in [3.8, 4) is 28.1 Å². The summed E-state index contributed by atoms with van der Waals surface area (Å²) in [6, 6.07) is 15.9. The summed E-state index contributed by atoms with van der Waals surface area (Å²) in [5, 5.41) is 22.1. The Hall–Kier alpha value is -9.22. The number of alkyl carbamates (subject to hydrolysis) is 1. The standard InChI is InChI=1S/C74H95N13O11/c1-41(2)87-56-32-28-47(33-49(56)38-77-87)60-61-64-58(84(8)72(94)86(64)52-30-29-50(35-52)79-71(93)97-10)39-75-65(61)81-62(60)48-27-31-54(59(34-48)96-9)68(90)76-37-43-23-25-46(26-24-43)67(89)78-51-36-57(69(91)80-55-22-16-20-44-17-14-15-21-53(44)55)85(40-51)70(92)63(45-18-12-11-13-19-45)82-66(88)42(3)83(7)73(95)98-74(4,5)6/h14-15,17,21,27-28,31-34,38-39,41-43,45-46,50-52,55,57,63H,11-13,16,18-20,22-26,29-30,35-37,40H2,1-10H3,(H,75,81)(H,76,90)(H,78,89)(H,79,93)(H,80,91)(H,82,88)/t42-,43?,46?,50+,51-,52+,55+,57-,63-/m0/s1. The number of likely N-dealkylation sites (tertiary alicyclic amines) is 1. The van der Waals surface area contributed by atoms with Crippen LogP contribution >= 0.6 is 0 Å². The number of benzene rings is 3. The molecule has 0 radical (unpaired) electrons. The van der Waals surface area contributed by atoms with Crippen LogP contribution in [0.15, 0.2) is 77.9 Å². The lowest BCUT2D eigenvalue weighted by atomic mass is 9.81. The van der Waals surface area contributed by atoms with Crippen LogP contribution in [0.3, 0.4) is 0 Å². The molecule has 522 valence electrons. The van der Waals surface area contributed by atoms with Crippen molar-refractivity contribution in [1.82, 2.24) is 65.3 Å². The molecule has 5 aliphatic rings. The van der Waals surface area contributed by atoms with Crippen molar-refractivity contribution in [2.75, 3.05) is 34.4 Å². The highest BCUT2D eigenvalue weighted by Gasteiger charge is 2.46. The molecule has 0 unspecified atom stereocenters. The van der Waals surface area contributed by atoms with Gasteiger partial charge in [-0.05, 0) is 178 Å². The summed E-state index contributed by atoms with van der Waals surface area (Å²) in [6.07, 6.45) is 13.7. The minimum atomic E-state index is -0.971. The molecule has 4 aromatic heterocycles. The smallest absolute Gasteiger partial charge is 0.410 e. The lowest BCUT2D eigenvalue weighted by molar-refractivity contribution is -0.143. The molecule has 12 rings (SSSR count). The van der Waals surface area contributed by atoms with E-state index in [4.69, 9.17) is 24.3 Å². The molecule has 7 atom stereocenters. The molecule has 5 heterocycles. The molecule has 4 fully saturated rings. The normalized spacial score (nSPS) is 21.9. The Balaban J connectivity index is 0.739. The van der Waals surface area contributed by atoms with E-state index in [0.29, 0.717) is 104 Å². The fourth-order valence-corrected chi connectivity index (χ4v) is 15.9. The van der Waals surface area contributed by atoms with Crippen molar-refractivity contribution in [2.45, 2.75) is 198 Å². The van der Waals surface area contributed by atoms with Crippen LogP contribution in [0, 0.1) is 17.8 Å². The van der Waals surface area contributed by atoms with Crippen LogP contribution in [0.4, 0.5) is 9.59 Å². The number of H-pyrrole nitrogens is 1. The van der Waals surface area contributed by atoms with E-state index in [0.717, 1.165) is 71.5 Å². The number of carbonyl (C=O) groups is 7. The van der Waals surface area contributed by atoms with Gasteiger partial charge in [-0.15, -0.1) is 0 Å². The Morgan fingerprint density at radius 2 is 1.54 bits per heavy atom. The maximum Gasteiger partial charge on any atom is 0.410 e. The number of amides is 7.